The summed E-state index contributed by atoms with van der Waals surface area (Å²) in [4.78, 5) is 17.9. The monoisotopic (exact) mass is 506 g/mol. The van der Waals surface area contributed by atoms with E-state index in [2.05, 4.69) is 28.6 Å². The SMILES string of the molecule is CN(N)/C=C(\N)C1C[C@H]1C(=Nc1cccc(-c2cccc(SN3CCCCC3)c2)c1)C(=CN)C(=O)O. The molecule has 8 nitrogen and oxygen atoms in total. The number of piperidine rings is 1. The fourth-order valence-electron chi connectivity index (χ4n) is 4.54. The Labute approximate surface area is 216 Å². The average Bonchev–Trinajstić information content (AvgIpc) is 3.65. The lowest BCUT2D eigenvalue weighted by molar-refractivity contribution is -0.132. The minimum atomic E-state index is -1.11. The molecule has 2 fully saturated rings. The second-order valence-electron chi connectivity index (χ2n) is 9.28. The summed E-state index contributed by atoms with van der Waals surface area (Å²) < 4.78 is 2.43. The first-order chi connectivity index (χ1) is 17.4. The number of hydrogen-bond acceptors (Lipinski definition) is 8. The van der Waals surface area contributed by atoms with Gasteiger partial charge in [-0.15, -0.1) is 0 Å². The number of carboxylic acid groups (broad SMARTS) is 1. The minimum absolute atomic E-state index is 0.0123. The van der Waals surface area contributed by atoms with Crippen LogP contribution in [0.3, 0.4) is 0 Å². The Morgan fingerprint density at radius 2 is 1.81 bits per heavy atom. The first-order valence-electron chi connectivity index (χ1n) is 12.2. The van der Waals surface area contributed by atoms with Gasteiger partial charge in [0.1, 0.15) is 0 Å². The van der Waals surface area contributed by atoms with Gasteiger partial charge < -0.3 is 21.6 Å². The summed E-state index contributed by atoms with van der Waals surface area (Å²) in [5.74, 6) is 4.41. The van der Waals surface area contributed by atoms with Crippen LogP contribution in [0.4, 0.5) is 5.69 Å². The summed E-state index contributed by atoms with van der Waals surface area (Å²) in [6.45, 7) is 2.23. The molecule has 4 rings (SSSR count). The molecule has 190 valence electrons. The van der Waals surface area contributed by atoms with E-state index >= 15 is 0 Å². The highest BCUT2D eigenvalue weighted by molar-refractivity contribution is 7.97. The molecule has 0 bridgehead atoms. The predicted octanol–water partition coefficient (Wildman–Crippen LogP) is 4.09. The van der Waals surface area contributed by atoms with Gasteiger partial charge in [-0.25, -0.2) is 14.9 Å². The van der Waals surface area contributed by atoms with Crippen molar-refractivity contribution in [1.29, 1.82) is 0 Å². The summed E-state index contributed by atoms with van der Waals surface area (Å²) in [5.41, 5.74) is 15.7. The lowest BCUT2D eigenvalue weighted by Gasteiger charge is -2.25. The molecule has 36 heavy (non-hydrogen) atoms. The van der Waals surface area contributed by atoms with Crippen LogP contribution >= 0.6 is 11.9 Å². The fourth-order valence-corrected chi connectivity index (χ4v) is 5.60. The molecule has 1 heterocycles. The number of rotatable bonds is 9. The van der Waals surface area contributed by atoms with Gasteiger partial charge in [0.25, 0.3) is 0 Å². The molecule has 1 unspecified atom stereocenters. The second-order valence-corrected chi connectivity index (χ2v) is 10.5. The summed E-state index contributed by atoms with van der Waals surface area (Å²) >= 11 is 1.81. The third-order valence-corrected chi connectivity index (χ3v) is 7.50. The number of benzene rings is 2. The van der Waals surface area contributed by atoms with E-state index in [0.29, 0.717) is 23.5 Å². The van der Waals surface area contributed by atoms with E-state index in [1.807, 2.05) is 36.2 Å². The van der Waals surface area contributed by atoms with Crippen molar-refractivity contribution in [1.82, 2.24) is 9.31 Å². The van der Waals surface area contributed by atoms with E-state index in [0.717, 1.165) is 30.4 Å². The molecule has 0 amide bonds. The van der Waals surface area contributed by atoms with Crippen molar-refractivity contribution in [2.24, 2.45) is 34.1 Å². The van der Waals surface area contributed by atoms with E-state index in [9.17, 15) is 9.90 Å². The molecule has 9 heteroatoms. The first-order valence-corrected chi connectivity index (χ1v) is 13.0. The van der Waals surface area contributed by atoms with Crippen LogP contribution in [0, 0.1) is 11.8 Å². The van der Waals surface area contributed by atoms with Gasteiger partial charge >= 0.3 is 5.97 Å². The van der Waals surface area contributed by atoms with E-state index in [-0.39, 0.29) is 17.4 Å². The summed E-state index contributed by atoms with van der Waals surface area (Å²) in [6, 6.07) is 16.3. The number of hydrazine groups is 1. The smallest absolute Gasteiger partial charge is 0.339 e. The topological polar surface area (TPSA) is 134 Å². The lowest BCUT2D eigenvalue weighted by atomic mass is 10.0. The van der Waals surface area contributed by atoms with Crippen molar-refractivity contribution < 1.29 is 9.90 Å². The van der Waals surface area contributed by atoms with Crippen molar-refractivity contribution in [2.45, 2.75) is 30.6 Å². The molecule has 2 aromatic rings. The number of carboxylic acids is 1. The normalized spacial score (nSPS) is 21.3. The third-order valence-electron chi connectivity index (χ3n) is 6.41. The van der Waals surface area contributed by atoms with Crippen molar-refractivity contribution in [3.8, 4) is 11.1 Å². The Kier molecular flexibility index (Phi) is 8.35. The number of carbonyl (C=O) groups is 1. The number of hydrogen-bond donors (Lipinski definition) is 4. The zero-order valence-corrected chi connectivity index (χ0v) is 21.3. The van der Waals surface area contributed by atoms with Gasteiger partial charge in [0.05, 0.1) is 17.0 Å². The quantitative estimate of drug-likeness (QED) is 0.131. The highest BCUT2D eigenvalue weighted by Gasteiger charge is 2.45. The number of aliphatic imine (C=N–C) groups is 1. The van der Waals surface area contributed by atoms with Gasteiger partial charge in [0, 0.05) is 55.0 Å². The van der Waals surface area contributed by atoms with Crippen LogP contribution in [0.15, 0.2) is 82.1 Å². The van der Waals surface area contributed by atoms with Gasteiger partial charge in [0.15, 0.2) is 0 Å². The Balaban J connectivity index is 1.61. The van der Waals surface area contributed by atoms with Crippen LogP contribution in [0.25, 0.3) is 11.1 Å². The van der Waals surface area contributed by atoms with Gasteiger partial charge in [-0.2, -0.15) is 0 Å². The van der Waals surface area contributed by atoms with Crippen LogP contribution in [0.1, 0.15) is 25.7 Å². The molecular weight excluding hydrogens is 472 g/mol. The number of nitrogens with two attached hydrogens (primary N) is 3. The molecule has 1 saturated heterocycles. The van der Waals surface area contributed by atoms with E-state index in [4.69, 9.17) is 22.3 Å². The predicted molar refractivity (Wildman–Crippen MR) is 146 cm³/mol. The number of allylic oxidation sites excluding steroid dienone is 1. The number of nitrogens with zero attached hydrogens (tertiary/aromatic N) is 3. The highest BCUT2D eigenvalue weighted by atomic mass is 32.2. The molecule has 7 N–H and O–H groups in total. The molecular formula is C27H34N6O2S. The largest absolute Gasteiger partial charge is 0.478 e. The van der Waals surface area contributed by atoms with E-state index in [1.54, 1.807) is 13.2 Å². The first kappa shape index (κ1) is 25.8. The molecule has 1 aliphatic heterocycles. The molecule has 1 aliphatic carbocycles. The summed E-state index contributed by atoms with van der Waals surface area (Å²) in [7, 11) is 1.69. The Hall–Kier alpha value is -3.27. The van der Waals surface area contributed by atoms with E-state index < -0.39 is 5.97 Å². The van der Waals surface area contributed by atoms with Crippen LogP contribution in [-0.2, 0) is 4.79 Å². The van der Waals surface area contributed by atoms with Crippen LogP contribution in [0.5, 0.6) is 0 Å². The molecule has 2 aromatic carbocycles. The van der Waals surface area contributed by atoms with Crippen LogP contribution in [0.2, 0.25) is 0 Å². The minimum Gasteiger partial charge on any atom is -0.478 e. The Bertz CT molecular complexity index is 1190. The Morgan fingerprint density at radius 1 is 1.11 bits per heavy atom. The summed E-state index contributed by atoms with van der Waals surface area (Å²) in [6.07, 6.45) is 7.24. The van der Waals surface area contributed by atoms with Crippen molar-refractivity contribution in [3.63, 3.8) is 0 Å². The average molecular weight is 507 g/mol. The molecule has 0 aromatic heterocycles. The third kappa shape index (κ3) is 6.48. The standard InChI is InChI=1S/C27H34N6O2S/c1-32(30)17-25(29)22-15-23(22)26(24(16-28)27(34)35)31-20-9-5-7-18(13-20)19-8-6-10-21(14-19)36-33-11-3-2-4-12-33/h5-10,13-14,16-17,22-23H,2-4,11-12,15,28-30H2,1H3,(H,34,35)/b24-16?,25-17-,31-26?/t22?,23-/m1/s1. The summed E-state index contributed by atoms with van der Waals surface area (Å²) in [5, 5.41) is 11.1. The highest BCUT2D eigenvalue weighted by Crippen LogP contribution is 2.45. The lowest BCUT2D eigenvalue weighted by Crippen LogP contribution is -2.22. The molecule has 0 spiro atoms. The van der Waals surface area contributed by atoms with Crippen molar-refractivity contribution in [3.05, 3.63) is 72.2 Å². The second kappa shape index (κ2) is 11.6. The molecule has 2 atom stereocenters. The maximum atomic E-state index is 11.9. The molecule has 2 aliphatic rings. The maximum absolute atomic E-state index is 11.9. The van der Waals surface area contributed by atoms with Crippen LogP contribution < -0.4 is 17.3 Å². The number of aliphatic carboxylic acids is 1. The van der Waals surface area contributed by atoms with Crippen molar-refractivity contribution in [2.75, 3.05) is 20.1 Å². The zero-order valence-electron chi connectivity index (χ0n) is 20.5. The van der Waals surface area contributed by atoms with Crippen LogP contribution in [-0.4, -0.2) is 46.2 Å². The van der Waals surface area contributed by atoms with Gasteiger partial charge in [-0.1, -0.05) is 30.7 Å². The molecule has 1 saturated carbocycles. The zero-order chi connectivity index (χ0) is 25.7. The van der Waals surface area contributed by atoms with Crippen molar-refractivity contribution >= 4 is 29.3 Å². The Morgan fingerprint density at radius 3 is 2.47 bits per heavy atom. The molecule has 0 radical (unpaired) electrons. The van der Waals surface area contributed by atoms with Gasteiger partial charge in [0.2, 0.25) is 0 Å². The maximum Gasteiger partial charge on any atom is 0.339 e. The van der Waals surface area contributed by atoms with Gasteiger partial charge in [-0.3, -0.25) is 4.99 Å². The van der Waals surface area contributed by atoms with E-state index in [1.165, 1.54) is 29.2 Å². The van der Waals surface area contributed by atoms with Gasteiger partial charge in [-0.05, 0) is 66.6 Å². The fraction of sp³-hybridized carbons (Fsp3) is 0.333.